The minimum atomic E-state index is -0.349. The summed E-state index contributed by atoms with van der Waals surface area (Å²) >= 11 is 2.21. The zero-order valence-electron chi connectivity index (χ0n) is 8.19. The first kappa shape index (κ1) is 10.9. The summed E-state index contributed by atoms with van der Waals surface area (Å²) in [4.78, 5) is 13.6. The van der Waals surface area contributed by atoms with E-state index in [1.165, 1.54) is 0 Å². The summed E-state index contributed by atoms with van der Waals surface area (Å²) in [5.41, 5.74) is 0.699. The Bertz CT molecular complexity index is 363. The predicted octanol–water partition coefficient (Wildman–Crippen LogP) is 1.50. The number of amides is 1. The quantitative estimate of drug-likeness (QED) is 0.798. The first-order valence-corrected chi connectivity index (χ1v) is 5.97. The molecule has 4 heteroatoms. The summed E-state index contributed by atoms with van der Waals surface area (Å²) in [5.74, 6) is 0.0166. The Hall–Kier alpha value is -0.620. The van der Waals surface area contributed by atoms with Crippen LogP contribution in [0.5, 0.6) is 0 Å². The molecule has 1 fully saturated rings. The molecule has 0 aliphatic carbocycles. The lowest BCUT2D eigenvalue weighted by Gasteiger charge is -2.15. The molecule has 0 saturated carbocycles. The van der Waals surface area contributed by atoms with Crippen LogP contribution < -0.4 is 0 Å². The summed E-state index contributed by atoms with van der Waals surface area (Å²) in [7, 11) is 0. The molecule has 0 spiro atoms. The molecular weight excluding hydrogens is 305 g/mol. The van der Waals surface area contributed by atoms with E-state index in [1.807, 2.05) is 24.3 Å². The van der Waals surface area contributed by atoms with Gasteiger partial charge in [0.25, 0.3) is 5.91 Å². The Labute approximate surface area is 102 Å². The standard InChI is InChI=1S/C11H12INO2/c12-9-3-1-8(2-4-9)11(15)13-6-5-10(14)7-13/h1-4,10,14H,5-7H2. The van der Waals surface area contributed by atoms with Gasteiger partial charge in [0.15, 0.2) is 0 Å². The van der Waals surface area contributed by atoms with Gasteiger partial charge in [-0.05, 0) is 53.3 Å². The maximum atomic E-state index is 11.9. The highest BCUT2D eigenvalue weighted by Gasteiger charge is 2.25. The number of aliphatic hydroxyl groups is 1. The molecule has 1 aliphatic heterocycles. The lowest BCUT2D eigenvalue weighted by atomic mass is 10.2. The van der Waals surface area contributed by atoms with Crippen molar-refractivity contribution in [3.8, 4) is 0 Å². The topological polar surface area (TPSA) is 40.5 Å². The second-order valence-electron chi connectivity index (χ2n) is 3.70. The number of nitrogens with zero attached hydrogens (tertiary/aromatic N) is 1. The molecule has 1 heterocycles. The fourth-order valence-electron chi connectivity index (χ4n) is 1.70. The van der Waals surface area contributed by atoms with Gasteiger partial charge in [-0.2, -0.15) is 0 Å². The van der Waals surface area contributed by atoms with E-state index in [2.05, 4.69) is 22.6 Å². The molecule has 1 N–H and O–H groups in total. The van der Waals surface area contributed by atoms with Gasteiger partial charge in [-0.15, -0.1) is 0 Å². The number of carbonyl (C=O) groups excluding carboxylic acids is 1. The zero-order valence-corrected chi connectivity index (χ0v) is 10.3. The number of rotatable bonds is 1. The average molecular weight is 317 g/mol. The van der Waals surface area contributed by atoms with Crippen LogP contribution in [0.2, 0.25) is 0 Å². The Morgan fingerprint density at radius 2 is 2.07 bits per heavy atom. The van der Waals surface area contributed by atoms with E-state index in [4.69, 9.17) is 0 Å². The molecule has 0 bridgehead atoms. The van der Waals surface area contributed by atoms with Crippen molar-refractivity contribution in [3.63, 3.8) is 0 Å². The highest BCUT2D eigenvalue weighted by Crippen LogP contribution is 2.14. The fraction of sp³-hybridized carbons (Fsp3) is 0.364. The van der Waals surface area contributed by atoms with Crippen LogP contribution in [0.25, 0.3) is 0 Å². The lowest BCUT2D eigenvalue weighted by molar-refractivity contribution is 0.0765. The van der Waals surface area contributed by atoms with Gasteiger partial charge in [0.05, 0.1) is 6.10 Å². The number of aliphatic hydroxyl groups excluding tert-OH is 1. The number of benzene rings is 1. The monoisotopic (exact) mass is 317 g/mol. The van der Waals surface area contributed by atoms with Crippen molar-refractivity contribution in [2.45, 2.75) is 12.5 Å². The van der Waals surface area contributed by atoms with Crippen LogP contribution in [0.3, 0.4) is 0 Å². The van der Waals surface area contributed by atoms with Crippen molar-refractivity contribution in [2.24, 2.45) is 0 Å². The van der Waals surface area contributed by atoms with Gasteiger partial charge in [0.2, 0.25) is 0 Å². The molecule has 1 amide bonds. The van der Waals surface area contributed by atoms with Crippen LogP contribution in [0.15, 0.2) is 24.3 Å². The lowest BCUT2D eigenvalue weighted by Crippen LogP contribution is -2.29. The number of hydrogen-bond acceptors (Lipinski definition) is 2. The molecule has 1 unspecified atom stereocenters. The van der Waals surface area contributed by atoms with Crippen molar-refractivity contribution in [2.75, 3.05) is 13.1 Å². The summed E-state index contributed by atoms with van der Waals surface area (Å²) in [5, 5.41) is 9.34. The van der Waals surface area contributed by atoms with Crippen molar-refractivity contribution >= 4 is 28.5 Å². The summed E-state index contributed by atoms with van der Waals surface area (Å²) < 4.78 is 1.12. The number of halogens is 1. The van der Waals surface area contributed by atoms with Crippen molar-refractivity contribution in [3.05, 3.63) is 33.4 Å². The first-order chi connectivity index (χ1) is 7.16. The summed E-state index contributed by atoms with van der Waals surface area (Å²) in [6, 6.07) is 7.49. The maximum Gasteiger partial charge on any atom is 0.253 e. The third kappa shape index (κ3) is 2.49. The maximum absolute atomic E-state index is 11.9. The third-order valence-corrected chi connectivity index (χ3v) is 3.26. The number of β-amino-alcohol motifs (C(OH)–C–C–N with tert-alkyl or cyclic N) is 1. The Kier molecular flexibility index (Phi) is 3.25. The molecule has 0 radical (unpaired) electrons. The minimum absolute atomic E-state index is 0.0166. The highest BCUT2D eigenvalue weighted by atomic mass is 127. The number of carbonyl (C=O) groups is 1. The third-order valence-electron chi connectivity index (χ3n) is 2.54. The van der Waals surface area contributed by atoms with E-state index >= 15 is 0 Å². The summed E-state index contributed by atoms with van der Waals surface area (Å²) in [6.45, 7) is 1.12. The minimum Gasteiger partial charge on any atom is -0.391 e. The van der Waals surface area contributed by atoms with Gasteiger partial charge in [-0.25, -0.2) is 0 Å². The molecule has 1 aromatic rings. The second-order valence-corrected chi connectivity index (χ2v) is 4.95. The molecule has 1 atom stereocenters. The molecule has 2 rings (SSSR count). The van der Waals surface area contributed by atoms with Gasteiger partial charge in [0, 0.05) is 22.2 Å². The van der Waals surface area contributed by atoms with Crippen molar-refractivity contribution in [1.29, 1.82) is 0 Å². The SMILES string of the molecule is O=C(c1ccc(I)cc1)N1CCC(O)C1. The van der Waals surface area contributed by atoms with Gasteiger partial charge < -0.3 is 10.0 Å². The Morgan fingerprint density at radius 1 is 1.40 bits per heavy atom. The van der Waals surface area contributed by atoms with E-state index in [0.29, 0.717) is 25.1 Å². The van der Waals surface area contributed by atoms with Crippen LogP contribution in [-0.4, -0.2) is 35.1 Å². The van der Waals surface area contributed by atoms with Gasteiger partial charge in [-0.3, -0.25) is 4.79 Å². The molecule has 0 aromatic heterocycles. The van der Waals surface area contributed by atoms with Crippen LogP contribution >= 0.6 is 22.6 Å². The Morgan fingerprint density at radius 3 is 2.60 bits per heavy atom. The van der Waals surface area contributed by atoms with E-state index in [0.717, 1.165) is 3.57 Å². The first-order valence-electron chi connectivity index (χ1n) is 4.90. The molecular formula is C11H12INO2. The number of hydrogen-bond donors (Lipinski definition) is 1. The molecule has 1 saturated heterocycles. The highest BCUT2D eigenvalue weighted by molar-refractivity contribution is 14.1. The van der Waals surface area contributed by atoms with Crippen molar-refractivity contribution < 1.29 is 9.90 Å². The Balaban J connectivity index is 2.11. The van der Waals surface area contributed by atoms with Crippen LogP contribution in [0.4, 0.5) is 0 Å². The largest absolute Gasteiger partial charge is 0.391 e. The van der Waals surface area contributed by atoms with E-state index < -0.39 is 0 Å². The van der Waals surface area contributed by atoms with Crippen LogP contribution in [0, 0.1) is 3.57 Å². The molecule has 15 heavy (non-hydrogen) atoms. The molecule has 80 valence electrons. The van der Waals surface area contributed by atoms with E-state index in [-0.39, 0.29) is 12.0 Å². The smallest absolute Gasteiger partial charge is 0.253 e. The predicted molar refractivity (Wildman–Crippen MR) is 65.7 cm³/mol. The molecule has 1 aliphatic rings. The molecule has 1 aromatic carbocycles. The fourth-order valence-corrected chi connectivity index (χ4v) is 2.06. The van der Waals surface area contributed by atoms with E-state index in [9.17, 15) is 9.90 Å². The van der Waals surface area contributed by atoms with Crippen LogP contribution in [-0.2, 0) is 0 Å². The second kappa shape index (κ2) is 4.49. The normalized spacial score (nSPS) is 20.7. The van der Waals surface area contributed by atoms with Crippen molar-refractivity contribution in [1.82, 2.24) is 4.90 Å². The van der Waals surface area contributed by atoms with Gasteiger partial charge >= 0.3 is 0 Å². The van der Waals surface area contributed by atoms with Gasteiger partial charge in [0.1, 0.15) is 0 Å². The number of likely N-dealkylation sites (tertiary alicyclic amines) is 1. The van der Waals surface area contributed by atoms with Crippen LogP contribution in [0.1, 0.15) is 16.8 Å². The zero-order chi connectivity index (χ0) is 10.8. The average Bonchev–Trinajstić information content (AvgIpc) is 2.65. The summed E-state index contributed by atoms with van der Waals surface area (Å²) in [6.07, 6.45) is 0.341. The molecule has 3 nitrogen and oxygen atoms in total. The van der Waals surface area contributed by atoms with Gasteiger partial charge in [-0.1, -0.05) is 0 Å². The van der Waals surface area contributed by atoms with E-state index in [1.54, 1.807) is 4.90 Å².